The molecule has 1 amide bonds. The zero-order valence-electron chi connectivity index (χ0n) is 11.5. The van der Waals surface area contributed by atoms with E-state index in [-0.39, 0.29) is 34.0 Å². The summed E-state index contributed by atoms with van der Waals surface area (Å²) >= 11 is 11.6. The van der Waals surface area contributed by atoms with Gasteiger partial charge in [-0.25, -0.2) is 4.79 Å². The van der Waals surface area contributed by atoms with E-state index in [1.807, 2.05) is 0 Å². The molecule has 1 aromatic carbocycles. The summed E-state index contributed by atoms with van der Waals surface area (Å²) in [4.78, 5) is 22.8. The molecule has 1 unspecified atom stereocenters. The normalized spacial score (nSPS) is 11.8. The first-order valence-electron chi connectivity index (χ1n) is 5.98. The molecule has 8 heteroatoms. The van der Waals surface area contributed by atoms with Crippen molar-refractivity contribution in [2.24, 2.45) is 0 Å². The lowest BCUT2D eigenvalue weighted by molar-refractivity contribution is -0.124. The summed E-state index contributed by atoms with van der Waals surface area (Å²) in [5.41, 5.74) is -0.203. The van der Waals surface area contributed by atoms with Crippen LogP contribution in [0.3, 0.4) is 0 Å². The van der Waals surface area contributed by atoms with Crippen LogP contribution >= 0.6 is 23.2 Å². The van der Waals surface area contributed by atoms with Gasteiger partial charge in [-0.2, -0.15) is 0 Å². The Balaban J connectivity index is 2.75. The molecular formula is C13H15Cl2NO5. The van der Waals surface area contributed by atoms with E-state index in [2.05, 4.69) is 5.32 Å². The van der Waals surface area contributed by atoms with Gasteiger partial charge in [0, 0.05) is 18.2 Å². The smallest absolute Gasteiger partial charge is 0.339 e. The van der Waals surface area contributed by atoms with Crippen molar-refractivity contribution in [3.05, 3.63) is 27.7 Å². The van der Waals surface area contributed by atoms with Gasteiger partial charge in [-0.05, 0) is 19.1 Å². The molecule has 1 rings (SSSR count). The van der Waals surface area contributed by atoms with Crippen molar-refractivity contribution in [2.45, 2.75) is 13.0 Å². The second-order valence-corrected chi connectivity index (χ2v) is 5.13. The predicted molar refractivity (Wildman–Crippen MR) is 78.4 cm³/mol. The molecule has 21 heavy (non-hydrogen) atoms. The molecule has 0 fully saturated rings. The van der Waals surface area contributed by atoms with E-state index in [1.54, 1.807) is 6.92 Å². The van der Waals surface area contributed by atoms with E-state index in [0.29, 0.717) is 6.61 Å². The second kappa shape index (κ2) is 8.07. The Morgan fingerprint density at radius 2 is 2.05 bits per heavy atom. The van der Waals surface area contributed by atoms with E-state index in [0.717, 1.165) is 0 Å². The lowest BCUT2D eigenvalue weighted by Gasteiger charge is -2.14. The molecule has 0 radical (unpaired) electrons. The first-order chi connectivity index (χ1) is 9.85. The van der Waals surface area contributed by atoms with Gasteiger partial charge in [0.2, 0.25) is 0 Å². The number of carboxylic acid groups (broad SMARTS) is 1. The Labute approximate surface area is 131 Å². The third-order valence-corrected chi connectivity index (χ3v) is 2.91. The average Bonchev–Trinajstić information content (AvgIpc) is 2.36. The van der Waals surface area contributed by atoms with Gasteiger partial charge in [-0.3, -0.25) is 4.79 Å². The molecule has 0 aliphatic rings. The minimum atomic E-state index is -1.25. The van der Waals surface area contributed by atoms with Gasteiger partial charge in [-0.1, -0.05) is 23.2 Å². The Hall–Kier alpha value is -1.50. The summed E-state index contributed by atoms with van der Waals surface area (Å²) in [7, 11) is 1.52. The molecule has 0 bridgehead atoms. The molecule has 2 N–H and O–H groups in total. The van der Waals surface area contributed by atoms with E-state index in [9.17, 15) is 9.59 Å². The van der Waals surface area contributed by atoms with Crippen molar-refractivity contribution >= 4 is 35.1 Å². The largest absolute Gasteiger partial charge is 0.481 e. The summed E-state index contributed by atoms with van der Waals surface area (Å²) in [5.74, 6) is -1.76. The molecule has 0 saturated carbocycles. The third kappa shape index (κ3) is 5.41. The number of hydrogen-bond acceptors (Lipinski definition) is 4. The number of hydrogen-bond donors (Lipinski definition) is 2. The molecule has 0 heterocycles. The highest BCUT2D eigenvalue weighted by atomic mass is 35.5. The molecule has 1 aromatic rings. The first kappa shape index (κ1) is 17.6. The Kier molecular flexibility index (Phi) is 6.74. The lowest BCUT2D eigenvalue weighted by Crippen LogP contribution is -2.38. The fourth-order valence-electron chi connectivity index (χ4n) is 1.61. The summed E-state index contributed by atoms with van der Waals surface area (Å²) in [6.45, 7) is 1.75. The number of halogens is 2. The van der Waals surface area contributed by atoms with Crippen molar-refractivity contribution in [3.8, 4) is 5.75 Å². The maximum atomic E-state index is 11.7. The number of benzene rings is 1. The summed E-state index contributed by atoms with van der Waals surface area (Å²) in [6, 6.07) is 2.36. The number of carboxylic acids is 1. The zero-order chi connectivity index (χ0) is 16.0. The number of carbonyl (C=O) groups excluding carboxylic acids is 1. The number of aromatic carboxylic acids is 1. The van der Waals surface area contributed by atoms with Crippen molar-refractivity contribution < 1.29 is 24.2 Å². The predicted octanol–water partition coefficient (Wildman–Crippen LogP) is 2.22. The topological polar surface area (TPSA) is 84.9 Å². The molecule has 0 saturated heterocycles. The molecule has 6 nitrogen and oxygen atoms in total. The van der Waals surface area contributed by atoms with Crippen molar-refractivity contribution in [2.75, 3.05) is 20.3 Å². The van der Waals surface area contributed by atoms with Crippen molar-refractivity contribution in [3.63, 3.8) is 0 Å². The summed E-state index contributed by atoms with van der Waals surface area (Å²) in [5, 5.41) is 11.9. The first-order valence-corrected chi connectivity index (χ1v) is 6.74. The fourth-order valence-corrected chi connectivity index (χ4v) is 2.16. The number of methoxy groups -OCH3 is 1. The molecular weight excluding hydrogens is 321 g/mol. The lowest BCUT2D eigenvalue weighted by atomic mass is 10.2. The number of nitrogens with one attached hydrogen (secondary N) is 1. The van der Waals surface area contributed by atoms with Crippen molar-refractivity contribution in [1.29, 1.82) is 0 Å². The number of carbonyl (C=O) groups is 2. The van der Waals surface area contributed by atoms with Crippen LogP contribution in [0, 0.1) is 0 Å². The minimum absolute atomic E-state index is 0.0256. The van der Waals surface area contributed by atoms with E-state index < -0.39 is 11.9 Å². The molecule has 1 atom stereocenters. The van der Waals surface area contributed by atoms with E-state index in [1.165, 1.54) is 19.2 Å². The Morgan fingerprint density at radius 1 is 1.38 bits per heavy atom. The van der Waals surface area contributed by atoms with Gasteiger partial charge in [0.05, 0.1) is 11.6 Å². The van der Waals surface area contributed by atoms with E-state index in [4.69, 9.17) is 37.8 Å². The van der Waals surface area contributed by atoms with Crippen LogP contribution in [0.2, 0.25) is 10.0 Å². The van der Waals surface area contributed by atoms with Crippen LogP contribution in [0.25, 0.3) is 0 Å². The third-order valence-electron chi connectivity index (χ3n) is 2.41. The maximum Gasteiger partial charge on any atom is 0.339 e. The van der Waals surface area contributed by atoms with Gasteiger partial charge in [0.15, 0.2) is 12.4 Å². The Bertz CT molecular complexity index is 536. The van der Waals surface area contributed by atoms with Crippen LogP contribution < -0.4 is 10.1 Å². The van der Waals surface area contributed by atoms with Gasteiger partial charge >= 0.3 is 5.97 Å². The summed E-state index contributed by atoms with van der Waals surface area (Å²) in [6.07, 6.45) is 0. The highest BCUT2D eigenvalue weighted by molar-refractivity contribution is 6.36. The number of ether oxygens (including phenoxy) is 2. The summed E-state index contributed by atoms with van der Waals surface area (Å²) < 4.78 is 10.1. The molecule has 0 aliphatic carbocycles. The highest BCUT2D eigenvalue weighted by Crippen LogP contribution is 2.32. The van der Waals surface area contributed by atoms with Crippen LogP contribution in [0.4, 0.5) is 0 Å². The monoisotopic (exact) mass is 335 g/mol. The Morgan fingerprint density at radius 3 is 2.62 bits per heavy atom. The number of rotatable bonds is 7. The molecule has 0 spiro atoms. The number of amides is 1. The SMILES string of the molecule is COCC(C)NC(=O)COc1c(Cl)cc(Cl)cc1C(=O)O. The van der Waals surface area contributed by atoms with Crippen LogP contribution in [0.5, 0.6) is 5.75 Å². The van der Waals surface area contributed by atoms with Crippen LogP contribution in [0.15, 0.2) is 12.1 Å². The minimum Gasteiger partial charge on any atom is -0.481 e. The molecule has 0 aromatic heterocycles. The standard InChI is InChI=1S/C13H15Cl2NO5/c1-7(5-20-2)16-11(17)6-21-12-9(13(18)19)3-8(14)4-10(12)15/h3-4,7H,5-6H2,1-2H3,(H,16,17)(H,18,19). The molecule has 0 aliphatic heterocycles. The quantitative estimate of drug-likeness (QED) is 0.798. The fraction of sp³-hybridized carbons (Fsp3) is 0.385. The van der Waals surface area contributed by atoms with Crippen molar-refractivity contribution in [1.82, 2.24) is 5.32 Å². The van der Waals surface area contributed by atoms with Crippen LogP contribution in [-0.2, 0) is 9.53 Å². The highest BCUT2D eigenvalue weighted by Gasteiger charge is 2.18. The van der Waals surface area contributed by atoms with Gasteiger partial charge < -0.3 is 19.9 Å². The van der Waals surface area contributed by atoms with Gasteiger partial charge in [-0.15, -0.1) is 0 Å². The van der Waals surface area contributed by atoms with Gasteiger partial charge in [0.1, 0.15) is 5.56 Å². The van der Waals surface area contributed by atoms with Crippen LogP contribution in [0.1, 0.15) is 17.3 Å². The zero-order valence-corrected chi connectivity index (χ0v) is 13.0. The van der Waals surface area contributed by atoms with E-state index >= 15 is 0 Å². The van der Waals surface area contributed by atoms with Gasteiger partial charge in [0.25, 0.3) is 5.91 Å². The molecule has 116 valence electrons. The van der Waals surface area contributed by atoms with Crippen LogP contribution in [-0.4, -0.2) is 43.3 Å². The maximum absolute atomic E-state index is 11.7. The second-order valence-electron chi connectivity index (χ2n) is 4.28. The average molecular weight is 336 g/mol.